The first-order chi connectivity index (χ1) is 7.33. The van der Waals surface area contributed by atoms with Gasteiger partial charge in [0.25, 0.3) is 0 Å². The van der Waals surface area contributed by atoms with Crippen molar-refractivity contribution >= 4 is 21.7 Å². The van der Waals surface area contributed by atoms with E-state index in [0.717, 1.165) is 22.4 Å². The molecule has 1 heterocycles. The second-order valence-electron chi connectivity index (χ2n) is 4.53. The zero-order valence-corrected chi connectivity index (χ0v) is 10.2. The van der Waals surface area contributed by atoms with Gasteiger partial charge in [-0.3, -0.25) is 0 Å². The Morgan fingerprint density at radius 1 is 1.27 bits per heavy atom. The topological polar surface area (TPSA) is 29.0 Å². The number of anilines is 1. The molecule has 0 saturated heterocycles. The highest BCUT2D eigenvalue weighted by Crippen LogP contribution is 2.37. The average Bonchev–Trinajstić information content (AvgIpc) is 3.08. The monoisotopic (exact) mass is 267 g/mol. The van der Waals surface area contributed by atoms with Crippen molar-refractivity contribution < 1.29 is 0 Å². The van der Waals surface area contributed by atoms with E-state index in [9.17, 15) is 0 Å². The van der Waals surface area contributed by atoms with Crippen LogP contribution in [0.5, 0.6) is 0 Å². The number of aromatic nitrogens is 2. The van der Waals surface area contributed by atoms with Gasteiger partial charge in [0, 0.05) is 18.7 Å². The average molecular weight is 268 g/mol. The molecule has 2 aliphatic carbocycles. The fourth-order valence-corrected chi connectivity index (χ4v) is 2.17. The Hall–Kier alpha value is -0.640. The van der Waals surface area contributed by atoms with Gasteiger partial charge in [0.2, 0.25) is 0 Å². The minimum atomic E-state index is 0.743. The van der Waals surface area contributed by atoms with Gasteiger partial charge in [-0.25, -0.2) is 9.97 Å². The molecule has 15 heavy (non-hydrogen) atoms. The van der Waals surface area contributed by atoms with E-state index in [4.69, 9.17) is 0 Å². The Morgan fingerprint density at radius 2 is 2.07 bits per heavy atom. The van der Waals surface area contributed by atoms with Gasteiger partial charge in [0.15, 0.2) is 0 Å². The Morgan fingerprint density at radius 3 is 2.67 bits per heavy atom. The van der Waals surface area contributed by atoms with Gasteiger partial charge >= 0.3 is 0 Å². The van der Waals surface area contributed by atoms with Crippen LogP contribution in [0.15, 0.2) is 17.0 Å². The highest BCUT2D eigenvalue weighted by Gasteiger charge is 2.34. The van der Waals surface area contributed by atoms with Crippen LogP contribution in [-0.4, -0.2) is 22.6 Å². The maximum absolute atomic E-state index is 4.37. The lowest BCUT2D eigenvalue weighted by Gasteiger charge is -2.23. The molecule has 0 bridgehead atoms. The van der Waals surface area contributed by atoms with E-state index in [1.165, 1.54) is 32.2 Å². The normalized spacial score (nSPS) is 20.3. The van der Waals surface area contributed by atoms with Gasteiger partial charge in [-0.1, -0.05) is 0 Å². The van der Waals surface area contributed by atoms with Crippen molar-refractivity contribution in [3.05, 3.63) is 17.0 Å². The van der Waals surface area contributed by atoms with Crippen LogP contribution < -0.4 is 4.90 Å². The van der Waals surface area contributed by atoms with Crippen LogP contribution in [0, 0.1) is 5.92 Å². The van der Waals surface area contributed by atoms with Crippen LogP contribution in [0.2, 0.25) is 0 Å². The predicted octanol–water partition coefficient (Wildman–Crippen LogP) is 2.62. The minimum absolute atomic E-state index is 0.743. The molecule has 80 valence electrons. The third kappa shape index (κ3) is 2.30. The summed E-state index contributed by atoms with van der Waals surface area (Å²) in [5.74, 6) is 2.01. The first kappa shape index (κ1) is 9.58. The minimum Gasteiger partial charge on any atom is -0.353 e. The lowest BCUT2D eigenvalue weighted by atomic mass is 10.3. The number of nitrogens with zero attached hydrogens (tertiary/aromatic N) is 3. The fraction of sp³-hybridized carbons (Fsp3) is 0.636. The van der Waals surface area contributed by atoms with Gasteiger partial charge in [0.1, 0.15) is 16.7 Å². The van der Waals surface area contributed by atoms with Crippen molar-refractivity contribution in [2.45, 2.75) is 31.7 Å². The first-order valence-electron chi connectivity index (χ1n) is 5.57. The number of rotatable bonds is 4. The summed E-state index contributed by atoms with van der Waals surface area (Å²) in [4.78, 5) is 10.9. The quantitative estimate of drug-likeness (QED) is 0.786. The van der Waals surface area contributed by atoms with Crippen LogP contribution in [0.25, 0.3) is 0 Å². The van der Waals surface area contributed by atoms with Crippen LogP contribution in [-0.2, 0) is 0 Å². The molecule has 0 radical (unpaired) electrons. The van der Waals surface area contributed by atoms with Crippen LogP contribution in [0.1, 0.15) is 25.7 Å². The van der Waals surface area contributed by atoms with Crippen molar-refractivity contribution in [1.29, 1.82) is 0 Å². The van der Waals surface area contributed by atoms with Crippen LogP contribution in [0.4, 0.5) is 5.82 Å². The molecule has 0 unspecified atom stereocenters. The molecule has 4 heteroatoms. The first-order valence-corrected chi connectivity index (χ1v) is 6.36. The molecule has 0 aliphatic heterocycles. The van der Waals surface area contributed by atoms with Crippen molar-refractivity contribution in [3.63, 3.8) is 0 Å². The van der Waals surface area contributed by atoms with E-state index in [-0.39, 0.29) is 0 Å². The summed E-state index contributed by atoms with van der Waals surface area (Å²) < 4.78 is 0.883. The van der Waals surface area contributed by atoms with E-state index in [0.29, 0.717) is 0 Å². The van der Waals surface area contributed by atoms with Gasteiger partial charge in [-0.15, -0.1) is 0 Å². The molecule has 3 nitrogen and oxygen atoms in total. The summed E-state index contributed by atoms with van der Waals surface area (Å²) >= 11 is 3.40. The molecule has 1 aromatic heterocycles. The second kappa shape index (κ2) is 3.74. The van der Waals surface area contributed by atoms with E-state index >= 15 is 0 Å². The Labute approximate surface area is 98.0 Å². The molecule has 3 rings (SSSR count). The smallest absolute Gasteiger partial charge is 0.133 e. The van der Waals surface area contributed by atoms with Crippen molar-refractivity contribution in [2.24, 2.45) is 5.92 Å². The summed E-state index contributed by atoms with van der Waals surface area (Å²) in [7, 11) is 0. The third-order valence-electron chi connectivity index (χ3n) is 3.05. The third-order valence-corrected chi connectivity index (χ3v) is 3.49. The summed E-state index contributed by atoms with van der Waals surface area (Å²) in [5, 5.41) is 0. The van der Waals surface area contributed by atoms with Crippen molar-refractivity contribution in [3.8, 4) is 0 Å². The molecule has 0 aromatic carbocycles. The number of hydrogen-bond acceptors (Lipinski definition) is 3. The van der Waals surface area contributed by atoms with Crippen molar-refractivity contribution in [1.82, 2.24) is 9.97 Å². The van der Waals surface area contributed by atoms with E-state index < -0.39 is 0 Å². The maximum Gasteiger partial charge on any atom is 0.133 e. The summed E-state index contributed by atoms with van der Waals surface area (Å²) in [5.41, 5.74) is 0. The SMILES string of the molecule is Brc1cc(N(CC2CC2)C2CC2)ncn1. The molecular formula is C11H14BrN3. The predicted molar refractivity (Wildman–Crippen MR) is 62.8 cm³/mol. The van der Waals surface area contributed by atoms with E-state index in [1.54, 1.807) is 6.33 Å². The molecule has 2 saturated carbocycles. The highest BCUT2D eigenvalue weighted by molar-refractivity contribution is 9.10. The van der Waals surface area contributed by atoms with Crippen LogP contribution >= 0.6 is 15.9 Å². The summed E-state index contributed by atoms with van der Waals surface area (Å²) in [6.45, 7) is 1.19. The summed E-state index contributed by atoms with van der Waals surface area (Å²) in [6, 6.07) is 2.77. The molecule has 2 fully saturated rings. The second-order valence-corrected chi connectivity index (χ2v) is 5.34. The Balaban J connectivity index is 1.80. The molecule has 0 N–H and O–H groups in total. The fourth-order valence-electron chi connectivity index (χ4n) is 1.88. The van der Waals surface area contributed by atoms with E-state index in [1.807, 2.05) is 6.07 Å². The largest absolute Gasteiger partial charge is 0.353 e. The lowest BCUT2D eigenvalue weighted by Crippen LogP contribution is -2.28. The van der Waals surface area contributed by atoms with Gasteiger partial charge in [-0.05, 0) is 47.5 Å². The van der Waals surface area contributed by atoms with Gasteiger partial charge in [0.05, 0.1) is 0 Å². The van der Waals surface area contributed by atoms with Crippen LogP contribution in [0.3, 0.4) is 0 Å². The number of hydrogen-bond donors (Lipinski definition) is 0. The maximum atomic E-state index is 4.37. The summed E-state index contributed by atoms with van der Waals surface area (Å²) in [6.07, 6.45) is 7.09. The zero-order valence-electron chi connectivity index (χ0n) is 8.56. The lowest BCUT2D eigenvalue weighted by molar-refractivity contribution is 0.707. The Kier molecular flexibility index (Phi) is 2.39. The highest BCUT2D eigenvalue weighted by atomic mass is 79.9. The molecular weight excluding hydrogens is 254 g/mol. The van der Waals surface area contributed by atoms with Crippen molar-refractivity contribution in [2.75, 3.05) is 11.4 Å². The standard InChI is InChI=1S/C11H14BrN3/c12-10-5-11(14-7-13-10)15(9-3-4-9)6-8-1-2-8/h5,7-9H,1-4,6H2. The van der Waals surface area contributed by atoms with E-state index in [2.05, 4.69) is 30.8 Å². The van der Waals surface area contributed by atoms with Gasteiger partial charge in [-0.2, -0.15) is 0 Å². The molecule has 0 amide bonds. The number of halogens is 1. The van der Waals surface area contributed by atoms with Gasteiger partial charge < -0.3 is 4.90 Å². The molecule has 0 spiro atoms. The Bertz CT molecular complexity index is 361. The molecule has 2 aliphatic rings. The molecule has 1 aromatic rings. The molecule has 0 atom stereocenters. The zero-order chi connectivity index (χ0) is 10.3.